The second-order valence-corrected chi connectivity index (χ2v) is 16.4. The van der Waals surface area contributed by atoms with Crippen molar-refractivity contribution in [3.8, 4) is 12.1 Å². The maximum atomic E-state index is 13.5. The van der Waals surface area contributed by atoms with Crippen LogP contribution in [0.25, 0.3) is 11.1 Å². The number of allylic oxidation sites excluding steroid dienone is 2. The van der Waals surface area contributed by atoms with E-state index in [1.807, 2.05) is 0 Å². The van der Waals surface area contributed by atoms with Crippen molar-refractivity contribution < 1.29 is 43.1 Å². The number of benzene rings is 2. The molecule has 0 saturated heterocycles. The highest BCUT2D eigenvalue weighted by molar-refractivity contribution is 7.81. The molecule has 324 valence electrons. The summed E-state index contributed by atoms with van der Waals surface area (Å²) in [7, 11) is -4.33. The van der Waals surface area contributed by atoms with Gasteiger partial charge in [-0.25, -0.2) is 18.3 Å². The summed E-state index contributed by atoms with van der Waals surface area (Å²) in [6.45, 7) is 3.46. The molecule has 19 heteroatoms. The Kier molecular flexibility index (Phi) is 14.2. The Morgan fingerprint density at radius 1 is 0.738 bits per heavy atom. The van der Waals surface area contributed by atoms with Crippen molar-refractivity contribution in [1.82, 2.24) is 29.7 Å². The molecule has 2 heterocycles. The number of rotatable bonds is 16. The maximum Gasteiger partial charge on any atom is 0.417 e. The Hall–Kier alpha value is -5.31. The topological polar surface area (TPSA) is 160 Å². The van der Waals surface area contributed by atoms with Crippen LogP contribution in [0.2, 0.25) is 0 Å². The highest BCUT2D eigenvalue weighted by Crippen LogP contribution is 2.36. The number of hydrogen-bond acceptors (Lipinski definition) is 10. The lowest BCUT2D eigenvalue weighted by Gasteiger charge is -2.27. The smallest absolute Gasteiger partial charge is 0.334 e. The van der Waals surface area contributed by atoms with Crippen LogP contribution in [0.4, 0.5) is 26.3 Å². The largest absolute Gasteiger partial charge is 0.417 e. The van der Waals surface area contributed by atoms with Crippen LogP contribution in [0, 0.1) is 22.7 Å². The van der Waals surface area contributed by atoms with Gasteiger partial charge < -0.3 is 19.8 Å². The number of alkyl halides is 6. The SMILES string of the molecule is CC(NC1CCC=C(c2cn(CCOS(=O)(=O)OCCn3cnc(C4=CCCC(NC(C)c5ccc(C#N)c(C(F)(F)F)c5)C4)c3)cn2)C1)c1ccc(C#N)c(C(F)(F)F)c1. The quantitative estimate of drug-likeness (QED) is 0.105. The summed E-state index contributed by atoms with van der Waals surface area (Å²) >= 11 is 0. The normalized spacial score (nSPS) is 18.5. The fourth-order valence-corrected chi connectivity index (χ4v) is 8.19. The van der Waals surface area contributed by atoms with Crippen LogP contribution in [0.15, 0.2) is 73.6 Å². The predicted octanol–water partition coefficient (Wildman–Crippen LogP) is 8.41. The summed E-state index contributed by atoms with van der Waals surface area (Å²) in [5, 5.41) is 25.0. The van der Waals surface area contributed by atoms with Crippen molar-refractivity contribution in [3.63, 3.8) is 0 Å². The highest BCUT2D eigenvalue weighted by Gasteiger charge is 2.35. The Bertz CT molecular complexity index is 2280. The Morgan fingerprint density at radius 3 is 1.52 bits per heavy atom. The molecule has 0 saturated carbocycles. The van der Waals surface area contributed by atoms with Crippen LogP contribution in [0.1, 0.15) is 109 Å². The minimum absolute atomic E-state index is 0.0385. The van der Waals surface area contributed by atoms with Gasteiger partial charge >= 0.3 is 22.8 Å². The molecule has 61 heavy (non-hydrogen) atoms. The molecule has 2 aromatic carbocycles. The summed E-state index contributed by atoms with van der Waals surface area (Å²) in [5.41, 5.74) is 1.34. The monoisotopic (exact) mass is 870 g/mol. The minimum atomic E-state index is -4.64. The fourth-order valence-electron chi connectivity index (χ4n) is 7.57. The molecule has 4 aromatic rings. The van der Waals surface area contributed by atoms with E-state index in [1.54, 1.807) is 60.2 Å². The predicted molar refractivity (Wildman–Crippen MR) is 212 cm³/mol. The average molecular weight is 871 g/mol. The number of hydrogen-bond donors (Lipinski definition) is 2. The molecular weight excluding hydrogens is 827 g/mol. The molecule has 6 rings (SSSR count). The molecule has 0 fully saturated rings. The Labute approximate surface area is 349 Å². The summed E-state index contributed by atoms with van der Waals surface area (Å²) < 4.78 is 120. The third-order valence-electron chi connectivity index (χ3n) is 10.7. The summed E-state index contributed by atoms with van der Waals surface area (Å²) in [5.74, 6) is 0. The van der Waals surface area contributed by atoms with E-state index in [-0.39, 0.29) is 38.4 Å². The highest BCUT2D eigenvalue weighted by atomic mass is 32.3. The molecule has 0 bridgehead atoms. The standard InChI is InChI=1S/C42H44F6N8O4S/c1-27(29-9-11-33(21-49)37(19-29)41(43,44)45)53-35-7-3-5-31(17-35)39-23-55(25-51-39)13-15-59-61(57,58)60-16-14-56-24-40(52-26-56)32-6-4-8-36(18-32)54-28(2)30-10-12-34(22-50)38(20-30)42(46,47)48/h5-6,9-12,19-20,23-28,35-36,53-54H,3-4,7-8,13-18H2,1-2H3. The first-order valence-corrected chi connectivity index (χ1v) is 21.0. The van der Waals surface area contributed by atoms with E-state index < -0.39 is 57.1 Å². The molecule has 0 amide bonds. The fraction of sp³-hybridized carbons (Fsp3) is 0.429. The number of nitriles is 2. The van der Waals surface area contributed by atoms with E-state index in [0.717, 1.165) is 49.0 Å². The van der Waals surface area contributed by atoms with Crippen molar-refractivity contribution in [2.24, 2.45) is 0 Å². The van der Waals surface area contributed by atoms with E-state index in [2.05, 4.69) is 32.8 Å². The zero-order valence-electron chi connectivity index (χ0n) is 33.3. The molecular formula is C42H44F6N8O4S. The lowest BCUT2D eigenvalue weighted by Crippen LogP contribution is -2.33. The van der Waals surface area contributed by atoms with Crippen LogP contribution >= 0.6 is 0 Å². The molecule has 2 aliphatic carbocycles. The number of imidazole rings is 2. The van der Waals surface area contributed by atoms with Crippen molar-refractivity contribution in [1.29, 1.82) is 10.5 Å². The number of aromatic nitrogens is 4. The van der Waals surface area contributed by atoms with E-state index in [4.69, 9.17) is 18.9 Å². The molecule has 2 aliphatic rings. The molecule has 0 aliphatic heterocycles. The van der Waals surface area contributed by atoms with Gasteiger partial charge in [-0.15, -0.1) is 0 Å². The van der Waals surface area contributed by atoms with Crippen LogP contribution in [-0.2, 0) is 44.2 Å². The lowest BCUT2D eigenvalue weighted by atomic mass is 9.91. The van der Waals surface area contributed by atoms with E-state index in [0.29, 0.717) is 35.4 Å². The summed E-state index contributed by atoms with van der Waals surface area (Å²) in [6, 6.07) is 9.78. The molecule has 4 atom stereocenters. The van der Waals surface area contributed by atoms with Crippen molar-refractivity contribution in [2.75, 3.05) is 13.2 Å². The first-order chi connectivity index (χ1) is 28.9. The van der Waals surface area contributed by atoms with E-state index in [1.165, 1.54) is 24.3 Å². The van der Waals surface area contributed by atoms with Gasteiger partial charge in [-0.05, 0) is 98.9 Å². The summed E-state index contributed by atoms with van der Waals surface area (Å²) in [6.07, 6.45) is 5.62. The molecule has 12 nitrogen and oxygen atoms in total. The third kappa shape index (κ3) is 12.0. The van der Waals surface area contributed by atoms with Gasteiger partial charge in [0.2, 0.25) is 0 Å². The second kappa shape index (κ2) is 19.2. The average Bonchev–Trinajstić information content (AvgIpc) is 3.90. The van der Waals surface area contributed by atoms with Gasteiger partial charge in [0.15, 0.2) is 0 Å². The minimum Gasteiger partial charge on any atom is -0.334 e. The van der Waals surface area contributed by atoms with E-state index in [9.17, 15) is 34.8 Å². The molecule has 0 radical (unpaired) electrons. The molecule has 2 aromatic heterocycles. The van der Waals surface area contributed by atoms with Crippen LogP contribution in [0.3, 0.4) is 0 Å². The van der Waals surface area contributed by atoms with Crippen LogP contribution in [-0.4, -0.2) is 52.8 Å². The van der Waals surface area contributed by atoms with Gasteiger partial charge in [0.1, 0.15) is 0 Å². The van der Waals surface area contributed by atoms with Crippen molar-refractivity contribution in [3.05, 3.63) is 118 Å². The number of nitrogens with one attached hydrogen (secondary N) is 2. The van der Waals surface area contributed by atoms with Crippen molar-refractivity contribution >= 4 is 21.5 Å². The van der Waals surface area contributed by atoms with Gasteiger partial charge in [0.25, 0.3) is 0 Å². The summed E-state index contributed by atoms with van der Waals surface area (Å²) in [4.78, 5) is 8.93. The third-order valence-corrected chi connectivity index (χ3v) is 11.6. The molecule has 2 N–H and O–H groups in total. The Balaban J connectivity index is 0.924. The first-order valence-electron chi connectivity index (χ1n) is 19.6. The van der Waals surface area contributed by atoms with Crippen LogP contribution < -0.4 is 10.6 Å². The number of halogens is 6. The second-order valence-electron chi connectivity index (χ2n) is 15.1. The molecule has 0 spiro atoms. The van der Waals surface area contributed by atoms with Gasteiger partial charge in [-0.3, -0.25) is 0 Å². The number of nitrogens with zero attached hydrogens (tertiary/aromatic N) is 6. The Morgan fingerprint density at radius 2 is 1.15 bits per heavy atom. The lowest BCUT2D eigenvalue weighted by molar-refractivity contribution is -0.138. The van der Waals surface area contributed by atoms with Gasteiger partial charge in [0, 0.05) is 49.7 Å². The molecule has 4 unspecified atom stereocenters. The van der Waals surface area contributed by atoms with Gasteiger partial charge in [0.05, 0.1) is 71.6 Å². The van der Waals surface area contributed by atoms with Crippen molar-refractivity contribution in [2.45, 2.75) is 102 Å². The van der Waals surface area contributed by atoms with Gasteiger partial charge in [-0.1, -0.05) is 24.3 Å². The van der Waals surface area contributed by atoms with Crippen LogP contribution in [0.5, 0.6) is 0 Å². The maximum absolute atomic E-state index is 13.5. The van der Waals surface area contributed by atoms with E-state index >= 15 is 0 Å². The zero-order valence-corrected chi connectivity index (χ0v) is 34.1. The zero-order chi connectivity index (χ0) is 44.0. The van der Waals surface area contributed by atoms with Gasteiger partial charge in [-0.2, -0.15) is 45.3 Å². The first kappa shape index (κ1) is 45.2.